The lowest BCUT2D eigenvalue weighted by molar-refractivity contribution is 0.445. The molecule has 0 saturated heterocycles. The molecule has 72 valence electrons. The third kappa shape index (κ3) is 2.16. The Bertz CT molecular complexity index is 288. The van der Waals surface area contributed by atoms with Crippen molar-refractivity contribution in [3.05, 3.63) is 33.8 Å². The highest BCUT2D eigenvalue weighted by atomic mass is 35.5. The maximum absolute atomic E-state index is 6.07. The zero-order valence-corrected chi connectivity index (χ0v) is 9.50. The van der Waals surface area contributed by atoms with Gasteiger partial charge in [0.2, 0.25) is 0 Å². The van der Waals surface area contributed by atoms with Crippen LogP contribution in [0, 0.1) is 0 Å². The molecule has 0 aromatic heterocycles. The molecule has 0 radical (unpaired) electrons. The molecule has 1 rings (SSSR count). The van der Waals surface area contributed by atoms with Gasteiger partial charge in [-0.3, -0.25) is 0 Å². The minimum Gasteiger partial charge on any atom is -0.311 e. The van der Waals surface area contributed by atoms with E-state index in [0.29, 0.717) is 10.0 Å². The highest BCUT2D eigenvalue weighted by Crippen LogP contribution is 2.33. The largest absolute Gasteiger partial charge is 0.311 e. The Balaban J connectivity index is 3.28. The van der Waals surface area contributed by atoms with Gasteiger partial charge >= 0.3 is 0 Å². The van der Waals surface area contributed by atoms with Gasteiger partial charge in [0.15, 0.2) is 0 Å². The van der Waals surface area contributed by atoms with E-state index < -0.39 is 0 Å². The molecule has 0 unspecified atom stereocenters. The molecule has 13 heavy (non-hydrogen) atoms. The van der Waals surface area contributed by atoms with Crippen molar-refractivity contribution in [3.8, 4) is 0 Å². The normalized spacial score (nSPS) is 11.8. The Hall–Kier alpha value is -0.240. The fraction of sp³-hybridized carbons (Fsp3) is 0.400. The number of hydrogen-bond acceptors (Lipinski definition) is 1. The average Bonchev–Trinajstić information content (AvgIpc) is 2.03. The van der Waals surface area contributed by atoms with E-state index in [9.17, 15) is 0 Å². The molecule has 0 saturated carbocycles. The number of nitrogens with one attached hydrogen (secondary N) is 1. The van der Waals surface area contributed by atoms with Gasteiger partial charge in [0.25, 0.3) is 0 Å². The molecule has 0 aliphatic carbocycles. The minimum atomic E-state index is -0.199. The van der Waals surface area contributed by atoms with E-state index >= 15 is 0 Å². The molecule has 1 nitrogen and oxygen atoms in total. The van der Waals surface area contributed by atoms with Gasteiger partial charge in [-0.25, -0.2) is 0 Å². The zero-order chi connectivity index (χ0) is 10.1. The average molecular weight is 218 g/mol. The molecule has 1 N–H and O–H groups in total. The fourth-order valence-corrected chi connectivity index (χ4v) is 2.09. The van der Waals surface area contributed by atoms with Crippen LogP contribution in [0.2, 0.25) is 10.0 Å². The summed E-state index contributed by atoms with van der Waals surface area (Å²) < 4.78 is 0. The summed E-state index contributed by atoms with van der Waals surface area (Å²) in [5, 5.41) is 4.57. The lowest BCUT2D eigenvalue weighted by atomic mass is 9.94. The van der Waals surface area contributed by atoms with E-state index in [4.69, 9.17) is 23.2 Å². The predicted molar refractivity (Wildman–Crippen MR) is 58.5 cm³/mol. The van der Waals surface area contributed by atoms with Gasteiger partial charge in [0.1, 0.15) is 0 Å². The fourth-order valence-electron chi connectivity index (χ4n) is 1.22. The molecule has 0 atom stereocenters. The van der Waals surface area contributed by atoms with E-state index in [-0.39, 0.29) is 5.54 Å². The highest BCUT2D eigenvalue weighted by Gasteiger charge is 2.23. The third-order valence-electron chi connectivity index (χ3n) is 2.21. The summed E-state index contributed by atoms with van der Waals surface area (Å²) >= 11 is 12.1. The number of halogens is 2. The molecular weight excluding hydrogens is 205 g/mol. The lowest BCUT2D eigenvalue weighted by Gasteiger charge is -2.26. The first-order valence-corrected chi connectivity index (χ1v) is 4.88. The van der Waals surface area contributed by atoms with Gasteiger partial charge in [0.05, 0.1) is 0 Å². The van der Waals surface area contributed by atoms with Crippen LogP contribution >= 0.6 is 23.2 Å². The molecular formula is C10H13Cl2N. The summed E-state index contributed by atoms with van der Waals surface area (Å²) in [4.78, 5) is 0. The Morgan fingerprint density at radius 1 is 1.15 bits per heavy atom. The summed E-state index contributed by atoms with van der Waals surface area (Å²) in [5.74, 6) is 0. The molecule has 0 spiro atoms. The first-order chi connectivity index (χ1) is 5.99. The van der Waals surface area contributed by atoms with Crippen molar-refractivity contribution in [2.75, 3.05) is 7.05 Å². The summed E-state index contributed by atoms with van der Waals surface area (Å²) in [5.41, 5.74) is 0.746. The van der Waals surface area contributed by atoms with Gasteiger partial charge in [0, 0.05) is 21.1 Å². The number of benzene rings is 1. The first-order valence-electron chi connectivity index (χ1n) is 4.12. The minimum absolute atomic E-state index is 0.199. The van der Waals surface area contributed by atoms with Crippen LogP contribution in [-0.2, 0) is 5.54 Å². The molecule has 3 heteroatoms. The van der Waals surface area contributed by atoms with Gasteiger partial charge in [-0.05, 0) is 33.0 Å². The second kappa shape index (κ2) is 3.87. The van der Waals surface area contributed by atoms with Gasteiger partial charge in [-0.15, -0.1) is 0 Å². The topological polar surface area (TPSA) is 12.0 Å². The number of hydrogen-bond donors (Lipinski definition) is 1. The molecule has 0 aliphatic rings. The van der Waals surface area contributed by atoms with E-state index in [2.05, 4.69) is 5.32 Å². The Morgan fingerprint density at radius 2 is 1.62 bits per heavy atom. The van der Waals surface area contributed by atoms with E-state index in [1.165, 1.54) is 0 Å². The van der Waals surface area contributed by atoms with Gasteiger partial charge in [-0.1, -0.05) is 29.3 Å². The summed E-state index contributed by atoms with van der Waals surface area (Å²) in [6, 6.07) is 5.55. The van der Waals surface area contributed by atoms with Crippen molar-refractivity contribution < 1.29 is 0 Å². The molecule has 1 aromatic rings. The van der Waals surface area contributed by atoms with Crippen LogP contribution in [0.25, 0.3) is 0 Å². The monoisotopic (exact) mass is 217 g/mol. The smallest absolute Gasteiger partial charge is 0.0471 e. The van der Waals surface area contributed by atoms with Crippen molar-refractivity contribution in [2.24, 2.45) is 0 Å². The molecule has 1 aromatic carbocycles. The van der Waals surface area contributed by atoms with Crippen LogP contribution in [0.4, 0.5) is 0 Å². The molecule has 0 aliphatic heterocycles. The van der Waals surface area contributed by atoms with Crippen molar-refractivity contribution in [3.63, 3.8) is 0 Å². The highest BCUT2D eigenvalue weighted by molar-refractivity contribution is 6.36. The van der Waals surface area contributed by atoms with Crippen molar-refractivity contribution in [2.45, 2.75) is 19.4 Å². The standard InChI is InChI=1S/C10H13Cl2N/c1-10(2,13-3)9-7(11)5-4-6-8(9)12/h4-6,13H,1-3H3. The third-order valence-corrected chi connectivity index (χ3v) is 2.84. The molecule has 0 bridgehead atoms. The SMILES string of the molecule is CNC(C)(C)c1c(Cl)cccc1Cl. The Kier molecular flexibility index (Phi) is 3.23. The van der Waals surface area contributed by atoms with E-state index in [1.807, 2.05) is 39.1 Å². The lowest BCUT2D eigenvalue weighted by Crippen LogP contribution is -2.33. The Labute approximate surface area is 89.0 Å². The van der Waals surface area contributed by atoms with Crippen LogP contribution in [-0.4, -0.2) is 7.05 Å². The molecule has 0 heterocycles. The molecule has 0 amide bonds. The van der Waals surface area contributed by atoms with E-state index in [0.717, 1.165) is 5.56 Å². The van der Waals surface area contributed by atoms with Crippen molar-refractivity contribution in [1.29, 1.82) is 0 Å². The summed E-state index contributed by atoms with van der Waals surface area (Å²) in [6.07, 6.45) is 0. The van der Waals surface area contributed by atoms with Crippen LogP contribution in [0.5, 0.6) is 0 Å². The molecule has 0 fully saturated rings. The Morgan fingerprint density at radius 3 is 2.00 bits per heavy atom. The first kappa shape index (κ1) is 10.8. The predicted octanol–water partition coefficient (Wildman–Crippen LogP) is 3.45. The van der Waals surface area contributed by atoms with Crippen LogP contribution in [0.3, 0.4) is 0 Å². The number of rotatable bonds is 2. The zero-order valence-electron chi connectivity index (χ0n) is 7.99. The van der Waals surface area contributed by atoms with Crippen LogP contribution in [0.1, 0.15) is 19.4 Å². The van der Waals surface area contributed by atoms with E-state index in [1.54, 1.807) is 0 Å². The van der Waals surface area contributed by atoms with Crippen LogP contribution < -0.4 is 5.32 Å². The summed E-state index contributed by atoms with van der Waals surface area (Å²) in [6.45, 7) is 4.08. The van der Waals surface area contributed by atoms with Gasteiger partial charge < -0.3 is 5.32 Å². The second-order valence-electron chi connectivity index (χ2n) is 3.47. The summed E-state index contributed by atoms with van der Waals surface area (Å²) in [7, 11) is 1.89. The van der Waals surface area contributed by atoms with Gasteiger partial charge in [-0.2, -0.15) is 0 Å². The maximum atomic E-state index is 6.07. The maximum Gasteiger partial charge on any atom is 0.0471 e. The van der Waals surface area contributed by atoms with Crippen molar-refractivity contribution in [1.82, 2.24) is 5.32 Å². The quantitative estimate of drug-likeness (QED) is 0.801. The second-order valence-corrected chi connectivity index (χ2v) is 4.29. The van der Waals surface area contributed by atoms with Crippen molar-refractivity contribution >= 4 is 23.2 Å². The van der Waals surface area contributed by atoms with Crippen LogP contribution in [0.15, 0.2) is 18.2 Å².